The molecule has 0 aliphatic rings. The molecule has 0 aromatic carbocycles. The highest BCUT2D eigenvalue weighted by molar-refractivity contribution is 5.76. The normalized spacial score (nSPS) is 13.9. The van der Waals surface area contributed by atoms with Crippen molar-refractivity contribution < 1.29 is 9.53 Å². The van der Waals surface area contributed by atoms with Crippen molar-refractivity contribution in [2.75, 3.05) is 7.05 Å². The van der Waals surface area contributed by atoms with E-state index in [2.05, 4.69) is 19.2 Å². The Balaban J connectivity index is 4.41. The number of nitrogens with one attached hydrogen (secondary N) is 1. The van der Waals surface area contributed by atoms with Crippen LogP contribution in [0, 0.1) is 5.92 Å². The van der Waals surface area contributed by atoms with Crippen molar-refractivity contribution in [2.24, 2.45) is 5.92 Å². The topological polar surface area (TPSA) is 38.3 Å². The first-order valence-corrected chi connectivity index (χ1v) is 6.28. The number of esters is 1. The van der Waals surface area contributed by atoms with Crippen LogP contribution in [0.4, 0.5) is 0 Å². The van der Waals surface area contributed by atoms with Crippen LogP contribution >= 0.6 is 0 Å². The fraction of sp³-hybridized carbons (Fsp3) is 0.923. The van der Waals surface area contributed by atoms with E-state index < -0.39 is 0 Å². The molecular formula is C13H27NO2. The van der Waals surface area contributed by atoms with E-state index in [4.69, 9.17) is 4.74 Å². The monoisotopic (exact) mass is 229 g/mol. The Kier molecular flexibility index (Phi) is 6.65. The Morgan fingerprint density at radius 2 is 1.81 bits per heavy atom. The molecule has 0 saturated heterocycles. The molecule has 0 saturated carbocycles. The first-order chi connectivity index (χ1) is 7.38. The van der Waals surface area contributed by atoms with Crippen LogP contribution in [0.3, 0.4) is 0 Å². The van der Waals surface area contributed by atoms with Crippen molar-refractivity contribution in [1.82, 2.24) is 5.32 Å². The summed E-state index contributed by atoms with van der Waals surface area (Å²) in [5.41, 5.74) is -0.316. The smallest absolute Gasteiger partial charge is 0.323 e. The molecule has 0 spiro atoms. The summed E-state index contributed by atoms with van der Waals surface area (Å²) in [6.07, 6.45) is 2.53. The van der Waals surface area contributed by atoms with E-state index in [0.717, 1.165) is 19.3 Å². The van der Waals surface area contributed by atoms with Gasteiger partial charge in [0.25, 0.3) is 0 Å². The molecule has 0 aromatic heterocycles. The highest BCUT2D eigenvalue weighted by Gasteiger charge is 2.28. The van der Waals surface area contributed by atoms with E-state index in [0.29, 0.717) is 5.92 Å². The molecule has 1 unspecified atom stereocenters. The molecule has 1 atom stereocenters. The zero-order valence-electron chi connectivity index (χ0n) is 11.6. The van der Waals surface area contributed by atoms with E-state index in [1.54, 1.807) is 0 Å². The molecule has 0 bridgehead atoms. The third-order valence-electron chi connectivity index (χ3n) is 3.18. The number of hydrogen-bond donors (Lipinski definition) is 1. The molecule has 96 valence electrons. The summed E-state index contributed by atoms with van der Waals surface area (Å²) in [5, 5.41) is 3.03. The van der Waals surface area contributed by atoms with Crippen molar-refractivity contribution in [2.45, 2.75) is 65.5 Å². The Morgan fingerprint density at radius 3 is 2.12 bits per heavy atom. The van der Waals surface area contributed by atoms with Gasteiger partial charge >= 0.3 is 5.97 Å². The Morgan fingerprint density at radius 1 is 1.31 bits per heavy atom. The second-order valence-electron chi connectivity index (χ2n) is 5.05. The van der Waals surface area contributed by atoms with Gasteiger partial charge in [0, 0.05) is 0 Å². The number of carbonyl (C=O) groups excluding carboxylic acids is 1. The average molecular weight is 229 g/mol. The molecule has 0 heterocycles. The SMILES string of the molecule is CCC(C)(CC)OC(=O)C(CC(C)C)NC. The van der Waals surface area contributed by atoms with Crippen molar-refractivity contribution in [3.8, 4) is 0 Å². The van der Waals surface area contributed by atoms with Gasteiger partial charge in [-0.15, -0.1) is 0 Å². The predicted molar refractivity (Wildman–Crippen MR) is 67.4 cm³/mol. The molecule has 3 nitrogen and oxygen atoms in total. The third kappa shape index (κ3) is 4.97. The third-order valence-corrected chi connectivity index (χ3v) is 3.18. The number of carbonyl (C=O) groups is 1. The maximum atomic E-state index is 12.0. The lowest BCUT2D eigenvalue weighted by Crippen LogP contribution is -2.42. The summed E-state index contributed by atoms with van der Waals surface area (Å²) in [7, 11) is 1.81. The number of likely N-dealkylation sites (N-methyl/N-ethyl adjacent to an activating group) is 1. The molecule has 0 fully saturated rings. The molecule has 3 heteroatoms. The molecule has 0 aromatic rings. The summed E-state index contributed by atoms with van der Waals surface area (Å²) >= 11 is 0. The Bertz CT molecular complexity index is 210. The summed E-state index contributed by atoms with van der Waals surface area (Å²) < 4.78 is 5.59. The van der Waals surface area contributed by atoms with Crippen LogP contribution < -0.4 is 5.32 Å². The molecule has 0 aliphatic carbocycles. The zero-order chi connectivity index (χ0) is 12.8. The summed E-state index contributed by atoms with van der Waals surface area (Å²) in [5.74, 6) is 0.363. The van der Waals surface area contributed by atoms with Crippen molar-refractivity contribution in [1.29, 1.82) is 0 Å². The maximum Gasteiger partial charge on any atom is 0.323 e. The van der Waals surface area contributed by atoms with Crippen molar-refractivity contribution in [3.05, 3.63) is 0 Å². The van der Waals surface area contributed by atoms with Crippen LogP contribution in [0.2, 0.25) is 0 Å². The highest BCUT2D eigenvalue weighted by atomic mass is 16.6. The van der Waals surface area contributed by atoms with Crippen LogP contribution in [-0.2, 0) is 9.53 Å². The number of ether oxygens (including phenoxy) is 1. The van der Waals surface area contributed by atoms with Crippen LogP contribution in [0.1, 0.15) is 53.9 Å². The van der Waals surface area contributed by atoms with E-state index in [9.17, 15) is 4.79 Å². The largest absolute Gasteiger partial charge is 0.458 e. The van der Waals surface area contributed by atoms with Gasteiger partial charge in [0.1, 0.15) is 11.6 Å². The van der Waals surface area contributed by atoms with Gasteiger partial charge in [-0.25, -0.2) is 0 Å². The molecule has 16 heavy (non-hydrogen) atoms. The lowest BCUT2D eigenvalue weighted by Gasteiger charge is -2.29. The maximum absolute atomic E-state index is 12.0. The van der Waals surface area contributed by atoms with E-state index in [1.165, 1.54) is 0 Å². The Hall–Kier alpha value is -0.570. The summed E-state index contributed by atoms with van der Waals surface area (Å²) in [6.45, 7) is 10.3. The molecule has 0 amide bonds. The Labute approximate surface area is 99.9 Å². The lowest BCUT2D eigenvalue weighted by atomic mass is 9.99. The van der Waals surface area contributed by atoms with Gasteiger partial charge in [0.05, 0.1) is 0 Å². The second-order valence-corrected chi connectivity index (χ2v) is 5.05. The van der Waals surface area contributed by atoms with E-state index >= 15 is 0 Å². The molecular weight excluding hydrogens is 202 g/mol. The minimum atomic E-state index is -0.316. The lowest BCUT2D eigenvalue weighted by molar-refractivity contribution is -0.161. The first kappa shape index (κ1) is 15.4. The summed E-state index contributed by atoms with van der Waals surface area (Å²) in [6, 6.07) is -0.183. The molecule has 0 rings (SSSR count). The van der Waals surface area contributed by atoms with Gasteiger partial charge in [-0.3, -0.25) is 4.79 Å². The minimum Gasteiger partial charge on any atom is -0.458 e. The average Bonchev–Trinajstić information content (AvgIpc) is 2.25. The van der Waals surface area contributed by atoms with Crippen LogP contribution in [-0.4, -0.2) is 24.7 Å². The fourth-order valence-corrected chi connectivity index (χ4v) is 1.51. The van der Waals surface area contributed by atoms with E-state index in [-0.39, 0.29) is 17.6 Å². The fourth-order valence-electron chi connectivity index (χ4n) is 1.51. The molecule has 0 radical (unpaired) electrons. The quantitative estimate of drug-likeness (QED) is 0.682. The van der Waals surface area contributed by atoms with Gasteiger partial charge in [0.15, 0.2) is 0 Å². The van der Waals surface area contributed by atoms with Gasteiger partial charge in [-0.2, -0.15) is 0 Å². The molecule has 1 N–H and O–H groups in total. The second kappa shape index (κ2) is 6.89. The van der Waals surface area contributed by atoms with Crippen molar-refractivity contribution in [3.63, 3.8) is 0 Å². The van der Waals surface area contributed by atoms with E-state index in [1.807, 2.05) is 27.8 Å². The number of hydrogen-bond acceptors (Lipinski definition) is 3. The first-order valence-electron chi connectivity index (χ1n) is 6.28. The standard InChI is InChI=1S/C13H27NO2/c1-7-13(5,8-2)16-12(15)11(14-6)9-10(3)4/h10-11,14H,7-9H2,1-6H3. The van der Waals surface area contributed by atoms with Crippen LogP contribution in [0.5, 0.6) is 0 Å². The van der Waals surface area contributed by atoms with Gasteiger partial charge in [-0.05, 0) is 39.2 Å². The van der Waals surface area contributed by atoms with Crippen LogP contribution in [0.15, 0.2) is 0 Å². The van der Waals surface area contributed by atoms with Crippen molar-refractivity contribution >= 4 is 5.97 Å². The minimum absolute atomic E-state index is 0.123. The molecule has 0 aliphatic heterocycles. The summed E-state index contributed by atoms with van der Waals surface area (Å²) in [4.78, 5) is 12.0. The highest BCUT2D eigenvalue weighted by Crippen LogP contribution is 2.21. The predicted octanol–water partition coefficient (Wildman–Crippen LogP) is 2.74. The zero-order valence-corrected chi connectivity index (χ0v) is 11.6. The van der Waals surface area contributed by atoms with Gasteiger partial charge in [0.2, 0.25) is 0 Å². The number of rotatable bonds is 7. The van der Waals surface area contributed by atoms with Crippen LogP contribution in [0.25, 0.3) is 0 Å². The van der Waals surface area contributed by atoms with Gasteiger partial charge < -0.3 is 10.1 Å². The van der Waals surface area contributed by atoms with Gasteiger partial charge in [-0.1, -0.05) is 27.7 Å².